The van der Waals surface area contributed by atoms with Crippen LogP contribution in [0.15, 0.2) is 0 Å². The minimum atomic E-state index is -0.564. The van der Waals surface area contributed by atoms with Gasteiger partial charge in [0.2, 0.25) is 0 Å². The third kappa shape index (κ3) is 4.19. The molecule has 118 valence electrons. The summed E-state index contributed by atoms with van der Waals surface area (Å²) in [5.41, 5.74) is -0.564. The molecule has 0 bridgehead atoms. The second kappa shape index (κ2) is 7.99. The molecule has 3 unspecified atom stereocenters. The van der Waals surface area contributed by atoms with Crippen LogP contribution >= 0.6 is 0 Å². The van der Waals surface area contributed by atoms with Crippen LogP contribution in [0.4, 0.5) is 0 Å². The van der Waals surface area contributed by atoms with E-state index < -0.39 is 5.54 Å². The molecule has 0 saturated carbocycles. The molecule has 0 aromatic rings. The Morgan fingerprint density at radius 3 is 2.60 bits per heavy atom. The van der Waals surface area contributed by atoms with E-state index in [9.17, 15) is 4.79 Å². The Kier molecular flexibility index (Phi) is 6.96. The molecule has 1 saturated heterocycles. The summed E-state index contributed by atoms with van der Waals surface area (Å²) >= 11 is 0. The van der Waals surface area contributed by atoms with Crippen LogP contribution in [0.2, 0.25) is 0 Å². The maximum absolute atomic E-state index is 12.2. The van der Waals surface area contributed by atoms with Gasteiger partial charge in [-0.25, -0.2) is 0 Å². The standard InChI is InChI=1S/C16H32N2O2/c1-6-14-10-9-13(4)18(14)12-11-16(5,17-7-2)15(19)20-8-3/h13-14,17H,6-12H2,1-5H3. The van der Waals surface area contributed by atoms with Crippen LogP contribution in [0.1, 0.15) is 60.3 Å². The molecule has 1 N–H and O–H groups in total. The van der Waals surface area contributed by atoms with Crippen molar-refractivity contribution in [3.05, 3.63) is 0 Å². The average molecular weight is 284 g/mol. The van der Waals surface area contributed by atoms with Crippen molar-refractivity contribution in [1.82, 2.24) is 10.2 Å². The van der Waals surface area contributed by atoms with Crippen molar-refractivity contribution in [3.63, 3.8) is 0 Å². The largest absolute Gasteiger partial charge is 0.465 e. The number of rotatable bonds is 8. The monoisotopic (exact) mass is 284 g/mol. The molecule has 0 aromatic heterocycles. The molecule has 0 aliphatic carbocycles. The topological polar surface area (TPSA) is 41.6 Å². The zero-order chi connectivity index (χ0) is 15.2. The van der Waals surface area contributed by atoms with Crippen molar-refractivity contribution >= 4 is 5.97 Å². The van der Waals surface area contributed by atoms with Gasteiger partial charge in [-0.1, -0.05) is 13.8 Å². The smallest absolute Gasteiger partial charge is 0.326 e. The van der Waals surface area contributed by atoms with Gasteiger partial charge in [-0.15, -0.1) is 0 Å². The Labute approximate surface area is 124 Å². The molecule has 4 heteroatoms. The molecule has 1 fully saturated rings. The zero-order valence-corrected chi connectivity index (χ0v) is 13.9. The molecule has 0 amide bonds. The molecule has 4 nitrogen and oxygen atoms in total. The Hall–Kier alpha value is -0.610. The van der Waals surface area contributed by atoms with E-state index in [2.05, 4.69) is 24.1 Å². The van der Waals surface area contributed by atoms with E-state index >= 15 is 0 Å². The SMILES string of the molecule is CCNC(C)(CCN1C(C)CCC1CC)C(=O)OCC. The molecule has 1 aliphatic rings. The van der Waals surface area contributed by atoms with E-state index in [0.29, 0.717) is 18.7 Å². The number of hydrogen-bond acceptors (Lipinski definition) is 4. The van der Waals surface area contributed by atoms with Crippen LogP contribution in [-0.4, -0.2) is 48.2 Å². The summed E-state index contributed by atoms with van der Waals surface area (Å²) in [6.45, 7) is 12.6. The number of likely N-dealkylation sites (N-methyl/N-ethyl adjacent to an activating group) is 1. The first-order valence-corrected chi connectivity index (χ1v) is 8.16. The first kappa shape index (κ1) is 17.4. The van der Waals surface area contributed by atoms with Gasteiger partial charge in [-0.3, -0.25) is 9.69 Å². The van der Waals surface area contributed by atoms with Gasteiger partial charge in [-0.2, -0.15) is 0 Å². The normalized spacial score (nSPS) is 26.4. The van der Waals surface area contributed by atoms with Crippen LogP contribution in [-0.2, 0) is 9.53 Å². The van der Waals surface area contributed by atoms with E-state index in [0.717, 1.165) is 19.5 Å². The van der Waals surface area contributed by atoms with Gasteiger partial charge in [0.15, 0.2) is 0 Å². The lowest BCUT2D eigenvalue weighted by Gasteiger charge is -2.33. The van der Waals surface area contributed by atoms with Gasteiger partial charge in [0.25, 0.3) is 0 Å². The third-order valence-electron chi connectivity index (χ3n) is 4.59. The zero-order valence-electron chi connectivity index (χ0n) is 13.9. The number of ether oxygens (including phenoxy) is 1. The molecule has 1 aliphatic heterocycles. The van der Waals surface area contributed by atoms with Crippen LogP contribution in [0, 0.1) is 0 Å². The molecule has 3 atom stereocenters. The number of carbonyl (C=O) groups is 1. The molecular weight excluding hydrogens is 252 g/mol. The highest BCUT2D eigenvalue weighted by Crippen LogP contribution is 2.27. The summed E-state index contributed by atoms with van der Waals surface area (Å²) in [5.74, 6) is -0.123. The summed E-state index contributed by atoms with van der Waals surface area (Å²) in [7, 11) is 0. The predicted octanol–water partition coefficient (Wildman–Crippen LogP) is 2.57. The van der Waals surface area contributed by atoms with Gasteiger partial charge in [0.1, 0.15) is 5.54 Å². The maximum Gasteiger partial charge on any atom is 0.326 e. The van der Waals surface area contributed by atoms with Crippen molar-refractivity contribution < 1.29 is 9.53 Å². The highest BCUT2D eigenvalue weighted by molar-refractivity contribution is 5.80. The lowest BCUT2D eigenvalue weighted by atomic mass is 9.97. The third-order valence-corrected chi connectivity index (χ3v) is 4.59. The quantitative estimate of drug-likeness (QED) is 0.696. The minimum Gasteiger partial charge on any atom is -0.465 e. The second-order valence-corrected chi connectivity index (χ2v) is 6.06. The van der Waals surface area contributed by atoms with Gasteiger partial charge in [0, 0.05) is 18.6 Å². The van der Waals surface area contributed by atoms with Crippen LogP contribution in [0.3, 0.4) is 0 Å². The molecule has 0 aromatic carbocycles. The van der Waals surface area contributed by atoms with Gasteiger partial charge < -0.3 is 10.1 Å². The van der Waals surface area contributed by atoms with E-state index in [1.54, 1.807) is 0 Å². The fraction of sp³-hybridized carbons (Fsp3) is 0.938. The number of likely N-dealkylation sites (tertiary alicyclic amines) is 1. The van der Waals surface area contributed by atoms with Crippen molar-refractivity contribution in [3.8, 4) is 0 Å². The van der Waals surface area contributed by atoms with E-state index in [1.807, 2.05) is 20.8 Å². The lowest BCUT2D eigenvalue weighted by Crippen LogP contribution is -2.53. The number of carbonyl (C=O) groups excluding carboxylic acids is 1. The van der Waals surface area contributed by atoms with Gasteiger partial charge in [0.05, 0.1) is 6.61 Å². The summed E-state index contributed by atoms with van der Waals surface area (Å²) < 4.78 is 5.23. The van der Waals surface area contributed by atoms with Crippen LogP contribution in [0.25, 0.3) is 0 Å². The highest BCUT2D eigenvalue weighted by atomic mass is 16.5. The van der Waals surface area contributed by atoms with Gasteiger partial charge >= 0.3 is 5.97 Å². The predicted molar refractivity (Wildman–Crippen MR) is 82.8 cm³/mol. The number of nitrogens with zero attached hydrogens (tertiary/aromatic N) is 1. The molecule has 1 heterocycles. The van der Waals surface area contributed by atoms with E-state index in [4.69, 9.17) is 4.74 Å². The van der Waals surface area contributed by atoms with E-state index in [-0.39, 0.29) is 5.97 Å². The van der Waals surface area contributed by atoms with Gasteiger partial charge in [-0.05, 0) is 53.0 Å². The molecular formula is C16H32N2O2. The van der Waals surface area contributed by atoms with Crippen molar-refractivity contribution in [2.24, 2.45) is 0 Å². The van der Waals surface area contributed by atoms with E-state index in [1.165, 1.54) is 19.3 Å². The lowest BCUT2D eigenvalue weighted by molar-refractivity contribution is -0.151. The van der Waals surface area contributed by atoms with Crippen LogP contribution in [0.5, 0.6) is 0 Å². The van der Waals surface area contributed by atoms with Crippen molar-refractivity contribution in [2.75, 3.05) is 19.7 Å². The van der Waals surface area contributed by atoms with Crippen molar-refractivity contribution in [2.45, 2.75) is 77.9 Å². The average Bonchev–Trinajstić information content (AvgIpc) is 2.77. The molecule has 1 rings (SSSR count). The minimum absolute atomic E-state index is 0.123. The summed E-state index contributed by atoms with van der Waals surface area (Å²) in [5, 5.41) is 3.31. The fourth-order valence-corrected chi connectivity index (χ4v) is 3.26. The maximum atomic E-state index is 12.2. The summed E-state index contributed by atoms with van der Waals surface area (Å²) in [6, 6.07) is 1.31. The first-order chi connectivity index (χ1) is 9.48. The number of nitrogens with one attached hydrogen (secondary N) is 1. The highest BCUT2D eigenvalue weighted by Gasteiger charge is 2.36. The van der Waals surface area contributed by atoms with Crippen molar-refractivity contribution in [1.29, 1.82) is 0 Å². The van der Waals surface area contributed by atoms with Crippen LogP contribution < -0.4 is 5.32 Å². The first-order valence-electron chi connectivity index (χ1n) is 8.16. The molecule has 0 radical (unpaired) electrons. The molecule has 0 spiro atoms. The summed E-state index contributed by atoms with van der Waals surface area (Å²) in [6.07, 6.45) is 4.56. The number of hydrogen-bond donors (Lipinski definition) is 1. The second-order valence-electron chi connectivity index (χ2n) is 6.06. The Balaban J connectivity index is 2.64. The fourth-order valence-electron chi connectivity index (χ4n) is 3.26. The Bertz CT molecular complexity index is 309. The molecule has 20 heavy (non-hydrogen) atoms. The number of esters is 1. The Morgan fingerprint density at radius 1 is 1.35 bits per heavy atom. The summed E-state index contributed by atoms with van der Waals surface area (Å²) in [4.78, 5) is 14.8. The Morgan fingerprint density at radius 2 is 2.05 bits per heavy atom.